The van der Waals surface area contributed by atoms with Gasteiger partial charge in [0.1, 0.15) is 6.04 Å². The highest BCUT2D eigenvalue weighted by atomic mass is 16.2. The monoisotopic (exact) mass is 283 g/mol. The minimum absolute atomic E-state index is 0.0277. The first-order chi connectivity index (χ1) is 9.28. The maximum absolute atomic E-state index is 11.9. The van der Waals surface area contributed by atoms with Crippen molar-refractivity contribution in [1.82, 2.24) is 16.0 Å². The Morgan fingerprint density at radius 1 is 1.25 bits per heavy atom. The fraction of sp³-hybridized carbons (Fsp3) is 0.867. The molecule has 0 saturated carbocycles. The van der Waals surface area contributed by atoms with E-state index in [1.165, 1.54) is 0 Å². The second-order valence-electron chi connectivity index (χ2n) is 6.76. The molecule has 0 bridgehead atoms. The predicted molar refractivity (Wildman–Crippen MR) is 80.3 cm³/mol. The number of carbonyl (C=O) groups excluding carboxylic acids is 2. The summed E-state index contributed by atoms with van der Waals surface area (Å²) in [6.45, 7) is 9.61. The van der Waals surface area contributed by atoms with Crippen LogP contribution in [0.3, 0.4) is 0 Å². The maximum atomic E-state index is 11.9. The van der Waals surface area contributed by atoms with Crippen LogP contribution in [0.5, 0.6) is 0 Å². The van der Waals surface area contributed by atoms with E-state index in [0.717, 1.165) is 32.4 Å². The molecule has 1 aliphatic rings. The van der Waals surface area contributed by atoms with Crippen molar-refractivity contribution in [2.75, 3.05) is 13.1 Å². The molecule has 3 N–H and O–H groups in total. The first-order valence-electron chi connectivity index (χ1n) is 7.60. The second kappa shape index (κ2) is 7.62. The molecular formula is C15H29N3O2. The lowest BCUT2D eigenvalue weighted by molar-refractivity contribution is -0.129. The Labute approximate surface area is 122 Å². The first kappa shape index (κ1) is 17.0. The minimum atomic E-state index is -0.477. The van der Waals surface area contributed by atoms with E-state index in [0.29, 0.717) is 12.3 Å². The van der Waals surface area contributed by atoms with Crippen molar-refractivity contribution in [2.45, 2.75) is 65.0 Å². The zero-order valence-corrected chi connectivity index (χ0v) is 13.2. The Kier molecular flexibility index (Phi) is 6.46. The van der Waals surface area contributed by atoms with Gasteiger partial charge in [-0.25, -0.2) is 0 Å². The zero-order chi connectivity index (χ0) is 15.2. The maximum Gasteiger partial charge on any atom is 0.242 e. The molecule has 5 heteroatoms. The highest BCUT2D eigenvalue weighted by Gasteiger charge is 2.21. The summed E-state index contributed by atoms with van der Waals surface area (Å²) >= 11 is 0. The molecule has 1 atom stereocenters. The van der Waals surface area contributed by atoms with E-state index in [4.69, 9.17) is 0 Å². The second-order valence-corrected chi connectivity index (χ2v) is 6.76. The number of piperidine rings is 1. The van der Waals surface area contributed by atoms with Crippen LogP contribution in [0, 0.1) is 5.92 Å². The summed E-state index contributed by atoms with van der Waals surface area (Å²) in [4.78, 5) is 23.7. The Bertz CT molecular complexity index is 331. The molecule has 0 aromatic rings. The molecule has 1 saturated heterocycles. The normalized spacial score (nSPS) is 18.4. The lowest BCUT2D eigenvalue weighted by atomic mass is 9.93. The van der Waals surface area contributed by atoms with Gasteiger partial charge in [0.25, 0.3) is 0 Å². The smallest absolute Gasteiger partial charge is 0.242 e. The molecule has 0 spiro atoms. The molecule has 1 heterocycles. The number of nitrogens with one attached hydrogen (secondary N) is 3. The first-order valence-corrected chi connectivity index (χ1v) is 7.60. The summed E-state index contributed by atoms with van der Waals surface area (Å²) in [5.41, 5.74) is -0.273. The van der Waals surface area contributed by atoms with Crippen molar-refractivity contribution >= 4 is 11.8 Å². The number of amides is 2. The third-order valence-corrected chi connectivity index (χ3v) is 3.51. The van der Waals surface area contributed by atoms with Crippen LogP contribution in [0.2, 0.25) is 0 Å². The summed E-state index contributed by atoms with van der Waals surface area (Å²) in [5.74, 6) is 0.480. The molecule has 2 amide bonds. The van der Waals surface area contributed by atoms with E-state index in [1.807, 2.05) is 20.8 Å². The van der Waals surface area contributed by atoms with E-state index < -0.39 is 6.04 Å². The summed E-state index contributed by atoms with van der Waals surface area (Å²) < 4.78 is 0. The van der Waals surface area contributed by atoms with Crippen LogP contribution >= 0.6 is 0 Å². The molecule has 116 valence electrons. The molecule has 0 aliphatic carbocycles. The van der Waals surface area contributed by atoms with Crippen LogP contribution < -0.4 is 16.0 Å². The molecule has 20 heavy (non-hydrogen) atoms. The van der Waals surface area contributed by atoms with Gasteiger partial charge in [-0.1, -0.05) is 0 Å². The third-order valence-electron chi connectivity index (χ3n) is 3.51. The zero-order valence-electron chi connectivity index (χ0n) is 13.2. The van der Waals surface area contributed by atoms with Gasteiger partial charge in [0.2, 0.25) is 11.8 Å². The number of carbonyl (C=O) groups is 2. The Balaban J connectivity index is 2.25. The topological polar surface area (TPSA) is 70.2 Å². The van der Waals surface area contributed by atoms with Crippen molar-refractivity contribution < 1.29 is 9.59 Å². The van der Waals surface area contributed by atoms with Crippen LogP contribution in [0.25, 0.3) is 0 Å². The molecule has 1 unspecified atom stereocenters. The number of hydrogen-bond acceptors (Lipinski definition) is 3. The van der Waals surface area contributed by atoms with Crippen LogP contribution in [0.15, 0.2) is 0 Å². The molecule has 0 aromatic carbocycles. The van der Waals surface area contributed by atoms with Gasteiger partial charge in [0.15, 0.2) is 0 Å². The number of rotatable bonds is 5. The van der Waals surface area contributed by atoms with Gasteiger partial charge < -0.3 is 16.0 Å². The van der Waals surface area contributed by atoms with Gasteiger partial charge in [-0.3, -0.25) is 9.59 Å². The van der Waals surface area contributed by atoms with E-state index in [2.05, 4.69) is 16.0 Å². The van der Waals surface area contributed by atoms with E-state index in [-0.39, 0.29) is 17.4 Å². The summed E-state index contributed by atoms with van der Waals surface area (Å²) in [5, 5.41) is 8.96. The van der Waals surface area contributed by atoms with Gasteiger partial charge >= 0.3 is 0 Å². The van der Waals surface area contributed by atoms with Crippen LogP contribution in [-0.2, 0) is 9.59 Å². The minimum Gasteiger partial charge on any atom is -0.350 e. The third kappa shape index (κ3) is 6.89. The van der Waals surface area contributed by atoms with Gasteiger partial charge in [0.05, 0.1) is 0 Å². The van der Waals surface area contributed by atoms with Crippen molar-refractivity contribution in [1.29, 1.82) is 0 Å². The molecule has 1 rings (SSSR count). The summed E-state index contributed by atoms with van der Waals surface area (Å²) in [6.07, 6.45) is 3.72. The SMILES string of the molecule is CC(NC(=O)CCC1CCNCC1)C(=O)NC(C)(C)C. The largest absolute Gasteiger partial charge is 0.350 e. The molecule has 1 fully saturated rings. The van der Waals surface area contributed by atoms with Crippen molar-refractivity contribution in [3.8, 4) is 0 Å². The van der Waals surface area contributed by atoms with Gasteiger partial charge in [-0.05, 0) is 66.0 Å². The van der Waals surface area contributed by atoms with E-state index in [1.54, 1.807) is 6.92 Å². The van der Waals surface area contributed by atoms with Gasteiger partial charge in [-0.2, -0.15) is 0 Å². The summed E-state index contributed by atoms with van der Waals surface area (Å²) in [6, 6.07) is -0.477. The van der Waals surface area contributed by atoms with Gasteiger partial charge in [0, 0.05) is 12.0 Å². The highest BCUT2D eigenvalue weighted by Crippen LogP contribution is 2.17. The Hall–Kier alpha value is -1.10. The van der Waals surface area contributed by atoms with E-state index in [9.17, 15) is 9.59 Å². The van der Waals surface area contributed by atoms with Crippen LogP contribution in [0.4, 0.5) is 0 Å². The fourth-order valence-corrected chi connectivity index (χ4v) is 2.36. The molecule has 5 nitrogen and oxygen atoms in total. The van der Waals surface area contributed by atoms with Gasteiger partial charge in [-0.15, -0.1) is 0 Å². The lowest BCUT2D eigenvalue weighted by Crippen LogP contribution is -2.50. The Morgan fingerprint density at radius 3 is 2.40 bits per heavy atom. The predicted octanol–water partition coefficient (Wildman–Crippen LogP) is 1.19. The quantitative estimate of drug-likeness (QED) is 0.710. The molecule has 0 aromatic heterocycles. The highest BCUT2D eigenvalue weighted by molar-refractivity contribution is 5.87. The Morgan fingerprint density at radius 2 is 1.85 bits per heavy atom. The average Bonchev–Trinajstić information content (AvgIpc) is 2.35. The molecular weight excluding hydrogens is 254 g/mol. The van der Waals surface area contributed by atoms with Crippen molar-refractivity contribution in [3.05, 3.63) is 0 Å². The van der Waals surface area contributed by atoms with E-state index >= 15 is 0 Å². The van der Waals surface area contributed by atoms with Crippen molar-refractivity contribution in [3.63, 3.8) is 0 Å². The molecule has 0 radical (unpaired) electrons. The fourth-order valence-electron chi connectivity index (χ4n) is 2.36. The van der Waals surface area contributed by atoms with Crippen LogP contribution in [0.1, 0.15) is 53.4 Å². The van der Waals surface area contributed by atoms with Crippen molar-refractivity contribution in [2.24, 2.45) is 5.92 Å². The number of hydrogen-bond donors (Lipinski definition) is 3. The average molecular weight is 283 g/mol. The van der Waals surface area contributed by atoms with Crippen LogP contribution in [-0.4, -0.2) is 36.5 Å². The standard InChI is InChI=1S/C15H29N3O2/c1-11(14(20)18-15(2,3)4)17-13(19)6-5-12-7-9-16-10-8-12/h11-12,16H,5-10H2,1-4H3,(H,17,19)(H,18,20). The molecule has 1 aliphatic heterocycles. The lowest BCUT2D eigenvalue weighted by Gasteiger charge is -2.24. The summed E-state index contributed by atoms with van der Waals surface area (Å²) in [7, 11) is 0.